The summed E-state index contributed by atoms with van der Waals surface area (Å²) in [6.07, 6.45) is 0. The van der Waals surface area contributed by atoms with E-state index in [1.807, 2.05) is 11.3 Å². The number of fused-ring (bicyclic) bond motifs is 7. The van der Waals surface area contributed by atoms with Gasteiger partial charge in [-0.05, 0) is 93.9 Å². The molecule has 2 nitrogen and oxygen atoms in total. The number of aromatic nitrogens is 1. The Labute approximate surface area is 358 Å². The fraction of sp³-hybridized carbons (Fsp3) is 0. The fourth-order valence-corrected chi connectivity index (χ4v) is 10.5. The average Bonchev–Trinajstić information content (AvgIpc) is 3.88. The van der Waals surface area contributed by atoms with Crippen LogP contribution in [0.4, 0.5) is 17.1 Å². The van der Waals surface area contributed by atoms with E-state index in [9.17, 15) is 0 Å². The van der Waals surface area contributed by atoms with E-state index in [0.29, 0.717) is 0 Å². The lowest BCUT2D eigenvalue weighted by molar-refractivity contribution is 1.19. The third-order valence-electron chi connectivity index (χ3n) is 12.2. The molecule has 12 aromatic rings. The molecule has 0 atom stereocenters. The van der Waals surface area contributed by atoms with E-state index >= 15 is 0 Å². The van der Waals surface area contributed by atoms with Crippen LogP contribution in [0.25, 0.3) is 91.8 Å². The number of para-hydroxylation sites is 1. The predicted octanol–water partition coefficient (Wildman–Crippen LogP) is 16.8. The summed E-state index contributed by atoms with van der Waals surface area (Å²) in [6, 6.07) is 84.2. The van der Waals surface area contributed by atoms with Crippen LogP contribution in [0.1, 0.15) is 0 Å². The minimum atomic E-state index is 1.10. The standard InChI is InChI=1S/C58H38N2S/c1-3-14-39(15-4-1)41-26-31-45(32-27-41)59(54-24-13-19-42-18-7-8-20-48(42)54)46-33-28-43(29-34-46)52-37-47(38-53-51-22-10-12-25-57(51)61-58(52)53)60-55-23-11-9-21-49(55)50-35-30-44(36-56(50)60)40-16-5-2-6-17-40/h1-38H. The van der Waals surface area contributed by atoms with Crippen LogP contribution >= 0.6 is 11.3 Å². The molecule has 12 rings (SSSR count). The van der Waals surface area contributed by atoms with Crippen molar-refractivity contribution in [2.75, 3.05) is 4.90 Å². The van der Waals surface area contributed by atoms with Crippen molar-refractivity contribution in [3.63, 3.8) is 0 Å². The Kier molecular flexibility index (Phi) is 8.39. The van der Waals surface area contributed by atoms with E-state index in [1.165, 1.54) is 86.1 Å². The Morgan fingerprint density at radius 2 is 0.902 bits per heavy atom. The molecule has 0 aliphatic carbocycles. The zero-order chi connectivity index (χ0) is 40.3. The maximum Gasteiger partial charge on any atom is 0.0547 e. The van der Waals surface area contributed by atoms with Crippen LogP contribution in [-0.2, 0) is 0 Å². The van der Waals surface area contributed by atoms with Crippen LogP contribution in [0.5, 0.6) is 0 Å². The van der Waals surface area contributed by atoms with Crippen molar-refractivity contribution in [2.24, 2.45) is 0 Å². The second kappa shape index (κ2) is 14.5. The zero-order valence-electron chi connectivity index (χ0n) is 33.2. The van der Waals surface area contributed by atoms with E-state index in [2.05, 4.69) is 240 Å². The molecule has 0 radical (unpaired) electrons. The molecule has 0 saturated carbocycles. The molecule has 3 heteroatoms. The first-order chi connectivity index (χ1) is 30.2. The fourth-order valence-electron chi connectivity index (χ4n) is 9.27. The quantitative estimate of drug-likeness (QED) is 0.156. The lowest BCUT2D eigenvalue weighted by atomic mass is 10.00. The molecule has 0 aliphatic rings. The first-order valence-corrected chi connectivity index (χ1v) is 21.6. The van der Waals surface area contributed by atoms with Crippen molar-refractivity contribution in [1.29, 1.82) is 0 Å². The maximum atomic E-state index is 2.47. The Hall–Kier alpha value is -7.72. The van der Waals surface area contributed by atoms with Crippen molar-refractivity contribution in [1.82, 2.24) is 4.57 Å². The Morgan fingerprint density at radius 3 is 1.66 bits per heavy atom. The van der Waals surface area contributed by atoms with Gasteiger partial charge in [0, 0.05) is 59.0 Å². The van der Waals surface area contributed by atoms with Gasteiger partial charge in [0.15, 0.2) is 0 Å². The van der Waals surface area contributed by atoms with Crippen LogP contribution in [0.15, 0.2) is 231 Å². The van der Waals surface area contributed by atoms with Crippen molar-refractivity contribution in [3.8, 4) is 39.1 Å². The number of nitrogens with zero attached hydrogens (tertiary/aromatic N) is 2. The lowest BCUT2D eigenvalue weighted by Gasteiger charge is -2.27. The van der Waals surface area contributed by atoms with Crippen molar-refractivity contribution < 1.29 is 0 Å². The summed E-state index contributed by atoms with van der Waals surface area (Å²) in [5.74, 6) is 0. The number of thiophene rings is 1. The van der Waals surface area contributed by atoms with Gasteiger partial charge >= 0.3 is 0 Å². The van der Waals surface area contributed by atoms with Gasteiger partial charge in [-0.15, -0.1) is 11.3 Å². The van der Waals surface area contributed by atoms with Crippen LogP contribution in [0.3, 0.4) is 0 Å². The number of rotatable bonds is 7. The molecule has 0 aliphatic heterocycles. The van der Waals surface area contributed by atoms with Gasteiger partial charge in [-0.1, -0.05) is 170 Å². The van der Waals surface area contributed by atoms with E-state index in [-0.39, 0.29) is 0 Å². The van der Waals surface area contributed by atoms with Gasteiger partial charge in [0.05, 0.1) is 16.7 Å². The molecule has 0 saturated heterocycles. The van der Waals surface area contributed by atoms with E-state index in [0.717, 1.165) is 22.7 Å². The van der Waals surface area contributed by atoms with Gasteiger partial charge in [-0.25, -0.2) is 0 Å². The molecule has 61 heavy (non-hydrogen) atoms. The largest absolute Gasteiger partial charge is 0.310 e. The molecule has 286 valence electrons. The minimum Gasteiger partial charge on any atom is -0.310 e. The number of hydrogen-bond donors (Lipinski definition) is 0. The molecule has 0 spiro atoms. The van der Waals surface area contributed by atoms with Gasteiger partial charge in [0.25, 0.3) is 0 Å². The number of benzene rings is 10. The van der Waals surface area contributed by atoms with Crippen molar-refractivity contribution in [3.05, 3.63) is 231 Å². The molecule has 2 aromatic heterocycles. The molecule has 10 aromatic carbocycles. The molecule has 0 fully saturated rings. The molecule has 0 unspecified atom stereocenters. The average molecular weight is 795 g/mol. The summed E-state index contributed by atoms with van der Waals surface area (Å²) < 4.78 is 5.07. The van der Waals surface area contributed by atoms with Gasteiger partial charge in [-0.3, -0.25) is 0 Å². The predicted molar refractivity (Wildman–Crippen MR) is 262 cm³/mol. The summed E-state index contributed by atoms with van der Waals surface area (Å²) in [7, 11) is 0. The molecular formula is C58H38N2S. The van der Waals surface area contributed by atoms with Crippen LogP contribution < -0.4 is 4.90 Å². The Bertz CT molecular complexity index is 3560. The molecule has 2 heterocycles. The smallest absolute Gasteiger partial charge is 0.0547 e. The second-order valence-corrected chi connectivity index (χ2v) is 16.8. The SMILES string of the molecule is c1ccc(-c2ccc(N(c3ccc(-c4cc(-n5c6ccccc6c6ccc(-c7ccccc7)cc65)cc5c4sc4ccccc45)cc3)c3cccc4ccccc34)cc2)cc1. The number of anilines is 3. The monoisotopic (exact) mass is 794 g/mol. The highest BCUT2D eigenvalue weighted by atomic mass is 32.1. The summed E-state index contributed by atoms with van der Waals surface area (Å²) >= 11 is 1.88. The molecule has 0 N–H and O–H groups in total. The van der Waals surface area contributed by atoms with E-state index in [1.54, 1.807) is 0 Å². The summed E-state index contributed by atoms with van der Waals surface area (Å²) in [4.78, 5) is 2.40. The first kappa shape index (κ1) is 35.2. The highest BCUT2D eigenvalue weighted by Crippen LogP contribution is 2.45. The normalized spacial score (nSPS) is 11.6. The van der Waals surface area contributed by atoms with Crippen LogP contribution in [0.2, 0.25) is 0 Å². The highest BCUT2D eigenvalue weighted by molar-refractivity contribution is 7.26. The zero-order valence-corrected chi connectivity index (χ0v) is 34.1. The van der Waals surface area contributed by atoms with Gasteiger partial charge in [0.1, 0.15) is 0 Å². The van der Waals surface area contributed by atoms with Crippen molar-refractivity contribution >= 4 is 81.1 Å². The Balaban J connectivity index is 1.04. The van der Waals surface area contributed by atoms with E-state index in [4.69, 9.17) is 0 Å². The summed E-state index contributed by atoms with van der Waals surface area (Å²) in [6.45, 7) is 0. The first-order valence-electron chi connectivity index (χ1n) is 20.8. The third kappa shape index (κ3) is 6.01. The van der Waals surface area contributed by atoms with Gasteiger partial charge in [0.2, 0.25) is 0 Å². The van der Waals surface area contributed by atoms with Gasteiger partial charge < -0.3 is 9.47 Å². The number of hydrogen-bond acceptors (Lipinski definition) is 2. The van der Waals surface area contributed by atoms with E-state index < -0.39 is 0 Å². The van der Waals surface area contributed by atoms with Crippen LogP contribution in [-0.4, -0.2) is 4.57 Å². The van der Waals surface area contributed by atoms with Crippen LogP contribution in [0, 0.1) is 0 Å². The highest BCUT2D eigenvalue weighted by Gasteiger charge is 2.20. The maximum absolute atomic E-state index is 2.47. The lowest BCUT2D eigenvalue weighted by Crippen LogP contribution is -2.10. The third-order valence-corrected chi connectivity index (χ3v) is 13.4. The van der Waals surface area contributed by atoms with Gasteiger partial charge in [-0.2, -0.15) is 0 Å². The Morgan fingerprint density at radius 1 is 0.344 bits per heavy atom. The van der Waals surface area contributed by atoms with Crippen molar-refractivity contribution in [2.45, 2.75) is 0 Å². The molecule has 0 bridgehead atoms. The minimum absolute atomic E-state index is 1.10. The summed E-state index contributed by atoms with van der Waals surface area (Å²) in [5.41, 5.74) is 14.2. The summed E-state index contributed by atoms with van der Waals surface area (Å²) in [5, 5.41) is 7.49. The molecular weight excluding hydrogens is 757 g/mol. The topological polar surface area (TPSA) is 8.17 Å². The second-order valence-electron chi connectivity index (χ2n) is 15.7. The molecule has 0 amide bonds.